The third-order valence-electron chi connectivity index (χ3n) is 5.70. The maximum atomic E-state index is 6.79. The molecule has 2 atom stereocenters. The Kier molecular flexibility index (Phi) is 3.74. The van der Waals surface area contributed by atoms with E-state index in [4.69, 9.17) is 4.43 Å². The molecule has 2 aromatic rings. The van der Waals surface area contributed by atoms with Crippen molar-refractivity contribution >= 4 is 18.7 Å². The van der Waals surface area contributed by atoms with Crippen LogP contribution in [0.2, 0.25) is 6.55 Å². The van der Waals surface area contributed by atoms with Crippen LogP contribution in [0.3, 0.4) is 0 Å². The van der Waals surface area contributed by atoms with Crippen molar-refractivity contribution in [2.75, 3.05) is 6.61 Å². The monoisotopic (exact) mass is 320 g/mol. The molecule has 0 N–H and O–H groups in total. The molecule has 0 spiro atoms. The second kappa shape index (κ2) is 5.77. The van der Waals surface area contributed by atoms with Crippen LogP contribution in [0.4, 0.5) is 0 Å². The van der Waals surface area contributed by atoms with Gasteiger partial charge in [-0.25, -0.2) is 0 Å². The summed E-state index contributed by atoms with van der Waals surface area (Å²) in [6, 6.07) is 21.6. The zero-order valence-corrected chi connectivity index (χ0v) is 14.7. The third kappa shape index (κ3) is 2.71. The molecule has 1 nitrogen and oxygen atoms in total. The van der Waals surface area contributed by atoms with Gasteiger partial charge in [-0.15, -0.1) is 0 Å². The summed E-state index contributed by atoms with van der Waals surface area (Å²) >= 11 is 0. The maximum absolute atomic E-state index is 6.79. The van der Waals surface area contributed by atoms with Crippen LogP contribution in [0.15, 0.2) is 72.8 Å². The molecule has 0 aliphatic heterocycles. The molecule has 23 heavy (non-hydrogen) atoms. The van der Waals surface area contributed by atoms with Gasteiger partial charge in [0, 0.05) is 12.0 Å². The van der Waals surface area contributed by atoms with Crippen molar-refractivity contribution < 1.29 is 4.43 Å². The quantitative estimate of drug-likeness (QED) is 0.602. The average Bonchev–Trinajstić information content (AvgIpc) is 3.23. The van der Waals surface area contributed by atoms with E-state index in [2.05, 4.69) is 79.4 Å². The fourth-order valence-corrected chi connectivity index (χ4v) is 7.07. The highest BCUT2D eigenvalue weighted by Gasteiger charge is 2.43. The summed E-state index contributed by atoms with van der Waals surface area (Å²) in [5.74, 6) is 0.806. The van der Waals surface area contributed by atoms with Crippen LogP contribution in [-0.4, -0.2) is 14.9 Å². The molecule has 1 fully saturated rings. The van der Waals surface area contributed by atoms with Gasteiger partial charge in [-0.2, -0.15) is 0 Å². The van der Waals surface area contributed by atoms with Crippen molar-refractivity contribution in [2.45, 2.75) is 25.8 Å². The van der Waals surface area contributed by atoms with Crippen LogP contribution in [0.25, 0.3) is 0 Å². The van der Waals surface area contributed by atoms with E-state index in [1.165, 1.54) is 29.6 Å². The van der Waals surface area contributed by atoms with Gasteiger partial charge in [0.05, 0.1) is 0 Å². The largest absolute Gasteiger partial charge is 0.407 e. The Morgan fingerprint density at radius 3 is 2.04 bits per heavy atom. The molecule has 0 saturated heterocycles. The van der Waals surface area contributed by atoms with Gasteiger partial charge in [0.15, 0.2) is 0 Å². The van der Waals surface area contributed by atoms with Gasteiger partial charge in [-0.1, -0.05) is 72.8 Å². The average molecular weight is 321 g/mol. The predicted octanol–water partition coefficient (Wildman–Crippen LogP) is 3.75. The lowest BCUT2D eigenvalue weighted by atomic mass is 9.89. The zero-order chi connectivity index (χ0) is 15.8. The van der Waals surface area contributed by atoms with Gasteiger partial charge >= 0.3 is 0 Å². The number of rotatable bonds is 5. The standard InChI is InChI=1S/C21H24OSi/c1-23(19-8-4-2-5-9-19,20-10-6-3-7-11-20)22-17-21-14-12-18(16-21)13-15-21/h2-12,14,18H,13,15-17H2,1H3. The minimum atomic E-state index is -2.15. The smallest absolute Gasteiger partial charge is 0.252 e. The van der Waals surface area contributed by atoms with Gasteiger partial charge in [-0.05, 0) is 42.1 Å². The van der Waals surface area contributed by atoms with Crippen molar-refractivity contribution in [1.29, 1.82) is 0 Å². The van der Waals surface area contributed by atoms with E-state index in [-0.39, 0.29) is 0 Å². The molecule has 0 radical (unpaired) electrons. The van der Waals surface area contributed by atoms with Crippen LogP contribution >= 0.6 is 0 Å². The first-order chi connectivity index (χ1) is 11.2. The fourth-order valence-electron chi connectivity index (χ4n) is 4.17. The number of benzene rings is 2. The summed E-state index contributed by atoms with van der Waals surface area (Å²) in [5, 5.41) is 2.72. The molecule has 118 valence electrons. The molecule has 0 aromatic heterocycles. The summed E-state index contributed by atoms with van der Waals surface area (Å²) in [4.78, 5) is 0. The molecule has 0 heterocycles. The lowest BCUT2D eigenvalue weighted by Crippen LogP contribution is -2.59. The zero-order valence-electron chi connectivity index (χ0n) is 13.7. The summed E-state index contributed by atoms with van der Waals surface area (Å²) in [5.41, 5.74) is 0.308. The molecule has 1 saturated carbocycles. The minimum Gasteiger partial charge on any atom is -0.407 e. The molecule has 2 aliphatic carbocycles. The van der Waals surface area contributed by atoms with E-state index in [9.17, 15) is 0 Å². The summed E-state index contributed by atoms with van der Waals surface area (Å²) in [7, 11) is -2.15. The van der Waals surface area contributed by atoms with Gasteiger partial charge in [-0.3, -0.25) is 0 Å². The second-order valence-corrected chi connectivity index (χ2v) is 10.8. The van der Waals surface area contributed by atoms with E-state index in [1.54, 1.807) is 0 Å². The fraction of sp³-hybridized carbons (Fsp3) is 0.333. The first-order valence-corrected chi connectivity index (χ1v) is 11.1. The van der Waals surface area contributed by atoms with Crippen LogP contribution < -0.4 is 10.4 Å². The summed E-state index contributed by atoms with van der Waals surface area (Å²) in [6.07, 6.45) is 8.78. The Bertz CT molecular complexity index is 655. The van der Waals surface area contributed by atoms with Gasteiger partial charge in [0.2, 0.25) is 0 Å². The molecule has 0 amide bonds. The lowest BCUT2D eigenvalue weighted by Gasteiger charge is -2.33. The molecule has 4 rings (SSSR count). The van der Waals surface area contributed by atoms with E-state index < -0.39 is 8.32 Å². The highest BCUT2D eigenvalue weighted by atomic mass is 28.4. The molecule has 2 aromatic carbocycles. The Morgan fingerprint density at radius 2 is 1.61 bits per heavy atom. The van der Waals surface area contributed by atoms with E-state index >= 15 is 0 Å². The normalized spacial score (nSPS) is 25.9. The molecule has 2 heteroatoms. The Hall–Kier alpha value is -1.64. The highest BCUT2D eigenvalue weighted by Crippen LogP contribution is 2.49. The lowest BCUT2D eigenvalue weighted by molar-refractivity contribution is 0.196. The van der Waals surface area contributed by atoms with E-state index in [0.717, 1.165) is 12.5 Å². The van der Waals surface area contributed by atoms with Crippen LogP contribution in [0, 0.1) is 11.3 Å². The van der Waals surface area contributed by atoms with Crippen LogP contribution in [-0.2, 0) is 4.43 Å². The first-order valence-electron chi connectivity index (χ1n) is 8.65. The minimum absolute atomic E-state index is 0.308. The molecule has 2 bridgehead atoms. The van der Waals surface area contributed by atoms with Gasteiger partial charge < -0.3 is 4.43 Å². The number of hydrogen-bond donors (Lipinski definition) is 0. The van der Waals surface area contributed by atoms with Crippen LogP contribution in [0.1, 0.15) is 19.3 Å². The number of allylic oxidation sites excluding steroid dienone is 1. The summed E-state index contributed by atoms with van der Waals surface area (Å²) in [6.45, 7) is 3.21. The Morgan fingerprint density at radius 1 is 1.00 bits per heavy atom. The Balaban J connectivity index is 1.65. The summed E-state index contributed by atoms with van der Waals surface area (Å²) < 4.78 is 6.79. The van der Waals surface area contributed by atoms with Gasteiger partial charge in [0.1, 0.15) is 0 Å². The van der Waals surface area contributed by atoms with Crippen molar-refractivity contribution in [3.63, 3.8) is 0 Å². The van der Waals surface area contributed by atoms with Crippen molar-refractivity contribution in [1.82, 2.24) is 0 Å². The highest BCUT2D eigenvalue weighted by molar-refractivity contribution is 6.96. The number of hydrogen-bond acceptors (Lipinski definition) is 1. The van der Waals surface area contributed by atoms with E-state index in [1.807, 2.05) is 0 Å². The topological polar surface area (TPSA) is 9.23 Å². The SMILES string of the molecule is C[Si](OCC12C=CC(CC1)C2)(c1ccccc1)c1ccccc1. The van der Waals surface area contributed by atoms with E-state index in [0.29, 0.717) is 5.41 Å². The van der Waals surface area contributed by atoms with Crippen LogP contribution in [0.5, 0.6) is 0 Å². The maximum Gasteiger partial charge on any atom is 0.252 e. The molecule has 2 aliphatic rings. The molecular formula is C21H24OSi. The second-order valence-electron chi connectivity index (χ2n) is 7.28. The first kappa shape index (κ1) is 14.9. The Labute approximate surface area is 140 Å². The third-order valence-corrected chi connectivity index (χ3v) is 9.29. The molecule has 2 unspecified atom stereocenters. The van der Waals surface area contributed by atoms with Crippen molar-refractivity contribution in [3.05, 3.63) is 72.8 Å². The predicted molar refractivity (Wildman–Crippen MR) is 98.6 cm³/mol. The van der Waals surface area contributed by atoms with Gasteiger partial charge in [0.25, 0.3) is 8.32 Å². The van der Waals surface area contributed by atoms with Crippen molar-refractivity contribution in [2.24, 2.45) is 11.3 Å². The molecular weight excluding hydrogens is 296 g/mol. The number of fused-ring (bicyclic) bond motifs is 2. The van der Waals surface area contributed by atoms with Crippen molar-refractivity contribution in [3.8, 4) is 0 Å².